The lowest BCUT2D eigenvalue weighted by molar-refractivity contribution is -0.385. The maximum atomic E-state index is 12.6. The van der Waals surface area contributed by atoms with Crippen LogP contribution >= 0.6 is 0 Å². The molecule has 27 heavy (non-hydrogen) atoms. The van der Waals surface area contributed by atoms with Gasteiger partial charge in [-0.3, -0.25) is 19.7 Å². The average molecular weight is 367 g/mol. The maximum absolute atomic E-state index is 12.6. The van der Waals surface area contributed by atoms with Gasteiger partial charge in [0.15, 0.2) is 0 Å². The average Bonchev–Trinajstić information content (AvgIpc) is 3.12. The predicted octanol–water partition coefficient (Wildman–Crippen LogP) is 3.14. The Bertz CT molecular complexity index is 911. The number of carboxylic acids is 1. The summed E-state index contributed by atoms with van der Waals surface area (Å²) < 4.78 is 0. The molecule has 0 saturated carbocycles. The maximum Gasteiger partial charge on any atom is 0.303 e. The Balaban J connectivity index is 1.93. The molecule has 1 amide bonds. The number of rotatable bonds is 6. The van der Waals surface area contributed by atoms with E-state index in [4.69, 9.17) is 5.11 Å². The number of aliphatic carboxylic acids is 1. The molecule has 0 radical (unpaired) electrons. The molecular formula is C19H17N3O5. The number of amides is 1. The molecule has 0 spiro atoms. The summed E-state index contributed by atoms with van der Waals surface area (Å²) in [5.74, 6) is -1.50. The van der Waals surface area contributed by atoms with E-state index >= 15 is 0 Å². The van der Waals surface area contributed by atoms with E-state index in [-0.39, 0.29) is 18.5 Å². The SMILES string of the molecule is O=C(O)CCC(=O)N1N=C(c2ccccc2)C[C@H]1c1cccc([N+](=O)[O-])c1. The number of hydrogen-bond acceptors (Lipinski definition) is 5. The van der Waals surface area contributed by atoms with Gasteiger partial charge in [0, 0.05) is 25.0 Å². The Kier molecular flexibility index (Phi) is 5.25. The lowest BCUT2D eigenvalue weighted by Crippen LogP contribution is -2.27. The van der Waals surface area contributed by atoms with Gasteiger partial charge in [0.25, 0.3) is 5.69 Å². The first-order valence-electron chi connectivity index (χ1n) is 8.37. The number of non-ortho nitro benzene ring substituents is 1. The third-order valence-corrected chi connectivity index (χ3v) is 4.29. The number of nitro groups is 1. The zero-order chi connectivity index (χ0) is 19.4. The van der Waals surface area contributed by atoms with E-state index in [2.05, 4.69) is 5.10 Å². The van der Waals surface area contributed by atoms with Crippen molar-refractivity contribution >= 4 is 23.3 Å². The van der Waals surface area contributed by atoms with Crippen molar-refractivity contribution in [1.29, 1.82) is 0 Å². The van der Waals surface area contributed by atoms with Crippen molar-refractivity contribution in [2.24, 2.45) is 5.10 Å². The summed E-state index contributed by atoms with van der Waals surface area (Å²) in [6.45, 7) is 0. The van der Waals surface area contributed by atoms with E-state index < -0.39 is 22.8 Å². The van der Waals surface area contributed by atoms with Gasteiger partial charge < -0.3 is 5.11 Å². The largest absolute Gasteiger partial charge is 0.481 e. The van der Waals surface area contributed by atoms with Crippen LogP contribution in [0.5, 0.6) is 0 Å². The van der Waals surface area contributed by atoms with Crippen LogP contribution in [0, 0.1) is 10.1 Å². The summed E-state index contributed by atoms with van der Waals surface area (Å²) in [6, 6.07) is 14.9. The van der Waals surface area contributed by atoms with Gasteiger partial charge in [0.1, 0.15) is 0 Å². The van der Waals surface area contributed by atoms with Gasteiger partial charge in [0.05, 0.1) is 23.1 Å². The van der Waals surface area contributed by atoms with Crippen LogP contribution in [0.25, 0.3) is 0 Å². The molecule has 0 aromatic heterocycles. The fraction of sp³-hybridized carbons (Fsp3) is 0.211. The van der Waals surface area contributed by atoms with Crippen LogP contribution in [-0.2, 0) is 9.59 Å². The molecule has 0 unspecified atom stereocenters. The number of nitro benzene ring substituents is 1. The minimum absolute atomic E-state index is 0.0707. The summed E-state index contributed by atoms with van der Waals surface area (Å²) in [6.07, 6.45) is -0.0937. The van der Waals surface area contributed by atoms with E-state index in [1.165, 1.54) is 17.1 Å². The summed E-state index contributed by atoms with van der Waals surface area (Å²) in [7, 11) is 0. The number of carbonyl (C=O) groups is 2. The number of hydrogen-bond donors (Lipinski definition) is 1. The number of nitrogens with zero attached hydrogens (tertiary/aromatic N) is 3. The molecule has 2 aromatic carbocycles. The molecule has 1 atom stereocenters. The van der Waals surface area contributed by atoms with Crippen LogP contribution in [0.1, 0.15) is 36.4 Å². The van der Waals surface area contributed by atoms with Crippen LogP contribution in [0.3, 0.4) is 0 Å². The topological polar surface area (TPSA) is 113 Å². The van der Waals surface area contributed by atoms with Crippen LogP contribution in [0.4, 0.5) is 5.69 Å². The minimum Gasteiger partial charge on any atom is -0.481 e. The molecule has 8 nitrogen and oxygen atoms in total. The van der Waals surface area contributed by atoms with Gasteiger partial charge in [-0.1, -0.05) is 42.5 Å². The van der Waals surface area contributed by atoms with Crippen LogP contribution in [0.2, 0.25) is 0 Å². The number of benzene rings is 2. The van der Waals surface area contributed by atoms with Gasteiger partial charge in [-0.2, -0.15) is 5.10 Å². The highest BCUT2D eigenvalue weighted by molar-refractivity contribution is 6.03. The van der Waals surface area contributed by atoms with Gasteiger partial charge in [-0.25, -0.2) is 5.01 Å². The molecule has 138 valence electrons. The second-order valence-corrected chi connectivity index (χ2v) is 6.12. The molecule has 3 rings (SSSR count). The third kappa shape index (κ3) is 4.17. The standard InChI is InChI=1S/C19H17N3O5/c23-18(9-10-19(24)25)21-17(14-7-4-8-15(11-14)22(26)27)12-16(20-21)13-5-2-1-3-6-13/h1-8,11,17H,9-10,12H2,(H,24,25)/t17-/m0/s1. The molecule has 8 heteroatoms. The molecule has 1 aliphatic heterocycles. The molecule has 1 N–H and O–H groups in total. The van der Waals surface area contributed by atoms with Gasteiger partial charge >= 0.3 is 5.97 Å². The van der Waals surface area contributed by atoms with Crippen molar-refractivity contribution in [2.45, 2.75) is 25.3 Å². The predicted molar refractivity (Wildman–Crippen MR) is 97.1 cm³/mol. The van der Waals surface area contributed by atoms with Crippen molar-refractivity contribution < 1.29 is 19.6 Å². The van der Waals surface area contributed by atoms with E-state index in [1.54, 1.807) is 12.1 Å². The normalized spacial score (nSPS) is 16.1. The Morgan fingerprint density at radius 2 is 1.89 bits per heavy atom. The van der Waals surface area contributed by atoms with Gasteiger partial charge in [-0.15, -0.1) is 0 Å². The fourth-order valence-corrected chi connectivity index (χ4v) is 2.98. The highest BCUT2D eigenvalue weighted by Crippen LogP contribution is 2.34. The first kappa shape index (κ1) is 18.2. The first-order chi connectivity index (χ1) is 13.0. The van der Waals surface area contributed by atoms with E-state index in [9.17, 15) is 19.7 Å². The highest BCUT2D eigenvalue weighted by Gasteiger charge is 2.33. The van der Waals surface area contributed by atoms with Crippen LogP contribution in [-0.4, -0.2) is 32.6 Å². The fourth-order valence-electron chi connectivity index (χ4n) is 2.98. The molecule has 0 saturated heterocycles. The van der Waals surface area contributed by atoms with Crippen molar-refractivity contribution in [2.75, 3.05) is 0 Å². The summed E-state index contributed by atoms with van der Waals surface area (Å²) in [4.78, 5) is 33.9. The van der Waals surface area contributed by atoms with Crippen LogP contribution in [0.15, 0.2) is 59.7 Å². The first-order valence-corrected chi connectivity index (χ1v) is 8.37. The van der Waals surface area contributed by atoms with Crippen molar-refractivity contribution in [3.05, 3.63) is 75.8 Å². The molecule has 1 heterocycles. The summed E-state index contributed by atoms with van der Waals surface area (Å²) in [5, 5.41) is 25.6. The zero-order valence-corrected chi connectivity index (χ0v) is 14.3. The molecule has 0 fully saturated rings. The Morgan fingerprint density at radius 1 is 1.15 bits per heavy atom. The van der Waals surface area contributed by atoms with E-state index in [0.717, 1.165) is 5.56 Å². The quantitative estimate of drug-likeness (QED) is 0.622. The zero-order valence-electron chi connectivity index (χ0n) is 14.3. The smallest absolute Gasteiger partial charge is 0.303 e. The molecule has 0 aliphatic carbocycles. The van der Waals surface area contributed by atoms with E-state index in [0.29, 0.717) is 17.7 Å². The Hall–Kier alpha value is -3.55. The number of carboxylic acid groups (broad SMARTS) is 1. The molecule has 1 aliphatic rings. The lowest BCUT2D eigenvalue weighted by Gasteiger charge is -2.21. The van der Waals surface area contributed by atoms with Gasteiger partial charge in [0.2, 0.25) is 5.91 Å². The van der Waals surface area contributed by atoms with Crippen molar-refractivity contribution in [3.63, 3.8) is 0 Å². The minimum atomic E-state index is -1.07. The monoisotopic (exact) mass is 367 g/mol. The lowest BCUT2D eigenvalue weighted by atomic mass is 9.98. The molecular weight excluding hydrogens is 350 g/mol. The summed E-state index contributed by atoms with van der Waals surface area (Å²) >= 11 is 0. The van der Waals surface area contributed by atoms with Gasteiger partial charge in [-0.05, 0) is 11.1 Å². The van der Waals surface area contributed by atoms with Crippen molar-refractivity contribution in [1.82, 2.24) is 5.01 Å². The highest BCUT2D eigenvalue weighted by atomic mass is 16.6. The number of carbonyl (C=O) groups excluding carboxylic acids is 1. The summed E-state index contributed by atoms with van der Waals surface area (Å²) in [5.41, 5.74) is 2.04. The molecule has 2 aromatic rings. The van der Waals surface area contributed by atoms with Crippen molar-refractivity contribution in [3.8, 4) is 0 Å². The molecule has 0 bridgehead atoms. The second kappa shape index (κ2) is 7.77. The number of hydrazone groups is 1. The van der Waals surface area contributed by atoms with E-state index in [1.807, 2.05) is 30.3 Å². The third-order valence-electron chi connectivity index (χ3n) is 4.29. The van der Waals surface area contributed by atoms with Crippen LogP contribution < -0.4 is 0 Å². The second-order valence-electron chi connectivity index (χ2n) is 6.12. The Labute approximate surface area is 154 Å². The Morgan fingerprint density at radius 3 is 2.56 bits per heavy atom.